The molecule has 2 fully saturated rings. The molecular formula is C16H22ClFN2O. The molecule has 0 bridgehead atoms. The van der Waals surface area contributed by atoms with Crippen LogP contribution in [0.3, 0.4) is 0 Å². The van der Waals surface area contributed by atoms with Gasteiger partial charge in [0, 0.05) is 6.04 Å². The first-order valence-corrected chi connectivity index (χ1v) is 7.48. The van der Waals surface area contributed by atoms with Gasteiger partial charge < -0.3 is 10.6 Å². The lowest BCUT2D eigenvalue weighted by Crippen LogP contribution is -2.53. The van der Waals surface area contributed by atoms with Gasteiger partial charge in [0.15, 0.2) is 0 Å². The lowest BCUT2D eigenvalue weighted by molar-refractivity contribution is -0.130. The third-order valence-electron chi connectivity index (χ3n) is 4.69. The summed E-state index contributed by atoms with van der Waals surface area (Å²) in [7, 11) is 0. The van der Waals surface area contributed by atoms with Crippen LogP contribution in [0.4, 0.5) is 4.39 Å². The van der Waals surface area contributed by atoms with E-state index in [-0.39, 0.29) is 30.2 Å². The Balaban J connectivity index is 0.00000161. The summed E-state index contributed by atoms with van der Waals surface area (Å²) in [4.78, 5) is 12.7. The number of halogens is 2. The Hall–Kier alpha value is -1.13. The second-order valence-corrected chi connectivity index (χ2v) is 5.94. The lowest BCUT2D eigenvalue weighted by Gasteiger charge is -2.42. The number of hydrogen-bond donors (Lipinski definition) is 2. The minimum Gasteiger partial charge on any atom is -0.353 e. The van der Waals surface area contributed by atoms with Gasteiger partial charge in [0.25, 0.3) is 0 Å². The molecule has 2 aliphatic rings. The lowest BCUT2D eigenvalue weighted by atomic mass is 9.63. The Morgan fingerprint density at radius 3 is 2.57 bits per heavy atom. The van der Waals surface area contributed by atoms with Crippen LogP contribution in [0.5, 0.6) is 0 Å². The molecule has 1 saturated carbocycles. The Kier molecular flexibility index (Phi) is 5.22. The van der Waals surface area contributed by atoms with Gasteiger partial charge >= 0.3 is 0 Å². The van der Waals surface area contributed by atoms with E-state index in [0.717, 1.165) is 50.8 Å². The van der Waals surface area contributed by atoms with Crippen LogP contribution in [0.2, 0.25) is 0 Å². The summed E-state index contributed by atoms with van der Waals surface area (Å²) in [6.45, 7) is 1.91. The maximum absolute atomic E-state index is 13.4. The Morgan fingerprint density at radius 1 is 1.29 bits per heavy atom. The van der Waals surface area contributed by atoms with Crippen LogP contribution in [-0.4, -0.2) is 25.0 Å². The smallest absolute Gasteiger partial charge is 0.230 e. The van der Waals surface area contributed by atoms with E-state index in [1.807, 2.05) is 6.07 Å². The maximum atomic E-state index is 13.4. The van der Waals surface area contributed by atoms with E-state index in [1.54, 1.807) is 6.07 Å². The van der Waals surface area contributed by atoms with E-state index in [2.05, 4.69) is 10.6 Å². The molecular weight excluding hydrogens is 291 g/mol. The van der Waals surface area contributed by atoms with Gasteiger partial charge in [-0.25, -0.2) is 4.39 Å². The summed E-state index contributed by atoms with van der Waals surface area (Å²) >= 11 is 0. The molecule has 2 N–H and O–H groups in total. The van der Waals surface area contributed by atoms with Crippen molar-refractivity contribution in [2.75, 3.05) is 13.1 Å². The predicted molar refractivity (Wildman–Crippen MR) is 83.2 cm³/mol. The van der Waals surface area contributed by atoms with Crippen molar-refractivity contribution in [3.63, 3.8) is 0 Å². The number of piperidine rings is 1. The molecule has 1 aliphatic carbocycles. The summed E-state index contributed by atoms with van der Waals surface area (Å²) < 4.78 is 13.4. The van der Waals surface area contributed by atoms with Gasteiger partial charge in [0.05, 0.1) is 5.41 Å². The second-order valence-electron chi connectivity index (χ2n) is 5.94. The van der Waals surface area contributed by atoms with Gasteiger partial charge in [-0.2, -0.15) is 0 Å². The summed E-state index contributed by atoms with van der Waals surface area (Å²) in [5.74, 6) is -0.176. The summed E-state index contributed by atoms with van der Waals surface area (Å²) in [6, 6.07) is 6.78. The minimum atomic E-state index is -0.493. The fraction of sp³-hybridized carbons (Fsp3) is 0.562. The van der Waals surface area contributed by atoms with E-state index in [9.17, 15) is 9.18 Å². The molecule has 0 unspecified atom stereocenters. The molecule has 0 aromatic heterocycles. The van der Waals surface area contributed by atoms with Crippen LogP contribution >= 0.6 is 12.4 Å². The predicted octanol–water partition coefficient (Wildman–Crippen LogP) is 2.54. The molecule has 21 heavy (non-hydrogen) atoms. The SMILES string of the molecule is Cl.O=C(NC1CCNCC1)C1(c2cccc(F)c2)CCC1. The van der Waals surface area contributed by atoms with Crippen LogP contribution in [0.15, 0.2) is 24.3 Å². The van der Waals surface area contributed by atoms with Gasteiger partial charge in [-0.3, -0.25) is 4.79 Å². The summed E-state index contributed by atoms with van der Waals surface area (Å²) in [5.41, 5.74) is 0.336. The van der Waals surface area contributed by atoms with Crippen molar-refractivity contribution in [3.8, 4) is 0 Å². The number of nitrogens with one attached hydrogen (secondary N) is 2. The van der Waals surface area contributed by atoms with E-state index in [0.29, 0.717) is 0 Å². The fourth-order valence-electron chi connectivity index (χ4n) is 3.25. The van der Waals surface area contributed by atoms with E-state index in [4.69, 9.17) is 0 Å². The van der Waals surface area contributed by atoms with Crippen molar-refractivity contribution in [1.29, 1.82) is 0 Å². The van der Waals surface area contributed by atoms with Crippen LogP contribution < -0.4 is 10.6 Å². The molecule has 1 amide bonds. The number of amides is 1. The number of benzene rings is 1. The molecule has 0 spiro atoms. The average Bonchev–Trinajstić information content (AvgIpc) is 2.38. The first-order valence-electron chi connectivity index (χ1n) is 7.48. The van der Waals surface area contributed by atoms with Crippen LogP contribution in [0, 0.1) is 5.82 Å². The highest BCUT2D eigenvalue weighted by Gasteiger charge is 2.46. The molecule has 0 atom stereocenters. The largest absolute Gasteiger partial charge is 0.353 e. The molecule has 1 saturated heterocycles. The quantitative estimate of drug-likeness (QED) is 0.900. The van der Waals surface area contributed by atoms with Crippen molar-refractivity contribution >= 4 is 18.3 Å². The van der Waals surface area contributed by atoms with Crippen LogP contribution in [-0.2, 0) is 10.2 Å². The first-order chi connectivity index (χ1) is 9.71. The highest BCUT2D eigenvalue weighted by Crippen LogP contribution is 2.44. The molecule has 1 aliphatic heterocycles. The van der Waals surface area contributed by atoms with Crippen molar-refractivity contribution in [1.82, 2.24) is 10.6 Å². The Bertz CT molecular complexity index is 499. The van der Waals surface area contributed by atoms with Gasteiger partial charge in [-0.05, 0) is 56.5 Å². The van der Waals surface area contributed by atoms with Gasteiger partial charge in [0.2, 0.25) is 5.91 Å². The van der Waals surface area contributed by atoms with Crippen LogP contribution in [0.25, 0.3) is 0 Å². The van der Waals surface area contributed by atoms with E-state index >= 15 is 0 Å². The average molecular weight is 313 g/mol. The maximum Gasteiger partial charge on any atom is 0.230 e. The molecule has 0 radical (unpaired) electrons. The van der Waals surface area contributed by atoms with Crippen molar-refractivity contribution in [2.45, 2.75) is 43.6 Å². The molecule has 3 rings (SSSR count). The highest BCUT2D eigenvalue weighted by atomic mass is 35.5. The summed E-state index contributed by atoms with van der Waals surface area (Å²) in [5, 5.41) is 6.47. The van der Waals surface area contributed by atoms with Gasteiger partial charge in [0.1, 0.15) is 5.82 Å². The number of carbonyl (C=O) groups is 1. The molecule has 3 nitrogen and oxygen atoms in total. The van der Waals surface area contributed by atoms with Crippen LogP contribution in [0.1, 0.15) is 37.7 Å². The number of carbonyl (C=O) groups excluding carboxylic acids is 1. The third kappa shape index (κ3) is 3.22. The van der Waals surface area contributed by atoms with Crippen molar-refractivity contribution < 1.29 is 9.18 Å². The van der Waals surface area contributed by atoms with E-state index in [1.165, 1.54) is 12.1 Å². The minimum absolute atomic E-state index is 0. The molecule has 1 aromatic rings. The fourth-order valence-corrected chi connectivity index (χ4v) is 3.25. The normalized spacial score (nSPS) is 21.0. The third-order valence-corrected chi connectivity index (χ3v) is 4.69. The monoisotopic (exact) mass is 312 g/mol. The molecule has 1 heterocycles. The second kappa shape index (κ2) is 6.75. The highest BCUT2D eigenvalue weighted by molar-refractivity contribution is 5.89. The first kappa shape index (κ1) is 16.2. The Labute approximate surface area is 131 Å². The number of rotatable bonds is 3. The molecule has 1 aromatic carbocycles. The zero-order valence-corrected chi connectivity index (χ0v) is 12.8. The Morgan fingerprint density at radius 2 is 2.00 bits per heavy atom. The zero-order valence-electron chi connectivity index (χ0n) is 12.0. The number of hydrogen-bond acceptors (Lipinski definition) is 2. The summed E-state index contributed by atoms with van der Waals surface area (Å²) in [6.07, 6.45) is 4.65. The van der Waals surface area contributed by atoms with Gasteiger partial charge in [-0.15, -0.1) is 12.4 Å². The van der Waals surface area contributed by atoms with E-state index < -0.39 is 5.41 Å². The molecule has 116 valence electrons. The molecule has 5 heteroatoms. The zero-order chi connectivity index (χ0) is 14.0. The van der Waals surface area contributed by atoms with Crippen molar-refractivity contribution in [2.24, 2.45) is 0 Å². The van der Waals surface area contributed by atoms with Crippen molar-refractivity contribution in [3.05, 3.63) is 35.6 Å². The van der Waals surface area contributed by atoms with Gasteiger partial charge in [-0.1, -0.05) is 18.6 Å². The standard InChI is InChI=1S/C16H21FN2O.ClH/c17-13-4-1-3-12(11-13)16(7-2-8-16)15(20)19-14-5-9-18-10-6-14;/h1,3-4,11,14,18H,2,5-10H2,(H,19,20);1H. The topological polar surface area (TPSA) is 41.1 Å².